The Kier molecular flexibility index (Phi) is 4.89. The van der Waals surface area contributed by atoms with E-state index in [2.05, 4.69) is 4.98 Å². The molecule has 18 heavy (non-hydrogen) atoms. The quantitative estimate of drug-likeness (QED) is 0.602. The number of carboxylic acids is 1. The molecule has 0 aliphatic carbocycles. The van der Waals surface area contributed by atoms with Crippen molar-refractivity contribution in [2.75, 3.05) is 0 Å². The van der Waals surface area contributed by atoms with Gasteiger partial charge in [-0.25, -0.2) is 0 Å². The Morgan fingerprint density at radius 1 is 1.44 bits per heavy atom. The van der Waals surface area contributed by atoms with Crippen LogP contribution in [-0.4, -0.2) is 33.7 Å². The van der Waals surface area contributed by atoms with Crippen molar-refractivity contribution >= 4 is 23.3 Å². The summed E-state index contributed by atoms with van der Waals surface area (Å²) >= 11 is 0. The minimum atomic E-state index is -0.972. The van der Waals surface area contributed by atoms with Gasteiger partial charge >= 0.3 is 5.97 Å². The van der Waals surface area contributed by atoms with Crippen molar-refractivity contribution in [1.82, 2.24) is 4.98 Å². The highest BCUT2D eigenvalue weighted by atomic mass is 16.4. The molecule has 6 heteroatoms. The van der Waals surface area contributed by atoms with Crippen LogP contribution in [0.3, 0.4) is 0 Å². The number of hydrogen-bond donors (Lipinski definition) is 4. The molecule has 2 aromatic rings. The molecule has 0 amide bonds. The molecular formula is C12H14N2O4. The van der Waals surface area contributed by atoms with Crippen LogP contribution in [0.4, 0.5) is 0 Å². The summed E-state index contributed by atoms with van der Waals surface area (Å²) in [6.45, 7) is -0.250. The Morgan fingerprint density at radius 2 is 2.06 bits per heavy atom. The number of H-pyrrole nitrogens is 1. The lowest BCUT2D eigenvalue weighted by Gasteiger charge is -2.04. The molecule has 0 aliphatic heterocycles. The average molecular weight is 250 g/mol. The van der Waals surface area contributed by atoms with Crippen LogP contribution in [0.15, 0.2) is 30.5 Å². The second-order valence-electron chi connectivity index (χ2n) is 3.61. The van der Waals surface area contributed by atoms with Gasteiger partial charge in [0.25, 0.3) is 6.47 Å². The van der Waals surface area contributed by atoms with Gasteiger partial charge in [0, 0.05) is 23.5 Å². The minimum Gasteiger partial charge on any atom is -0.483 e. The number of benzene rings is 1. The molecule has 6 nitrogen and oxygen atoms in total. The van der Waals surface area contributed by atoms with Crippen molar-refractivity contribution in [1.29, 1.82) is 0 Å². The summed E-state index contributed by atoms with van der Waals surface area (Å²) in [5.74, 6) is -0.972. The minimum absolute atomic E-state index is 0.250. The molecule has 0 aliphatic rings. The highest BCUT2D eigenvalue weighted by molar-refractivity contribution is 5.84. The third kappa shape index (κ3) is 3.33. The van der Waals surface area contributed by atoms with E-state index in [1.54, 1.807) is 0 Å². The first-order valence-electron chi connectivity index (χ1n) is 5.21. The van der Waals surface area contributed by atoms with Gasteiger partial charge in [-0.2, -0.15) is 0 Å². The molecule has 0 radical (unpaired) electrons. The third-order valence-corrected chi connectivity index (χ3v) is 2.43. The van der Waals surface area contributed by atoms with Crippen molar-refractivity contribution < 1.29 is 19.8 Å². The van der Waals surface area contributed by atoms with Crippen molar-refractivity contribution in [3.8, 4) is 0 Å². The number of nitrogens with two attached hydrogens (primary N) is 1. The van der Waals surface area contributed by atoms with Crippen molar-refractivity contribution in [3.05, 3.63) is 36.0 Å². The van der Waals surface area contributed by atoms with E-state index in [0.29, 0.717) is 6.42 Å². The molecular weight excluding hydrogens is 236 g/mol. The summed E-state index contributed by atoms with van der Waals surface area (Å²) < 4.78 is 0. The van der Waals surface area contributed by atoms with E-state index in [9.17, 15) is 4.79 Å². The van der Waals surface area contributed by atoms with E-state index in [0.717, 1.165) is 16.5 Å². The van der Waals surface area contributed by atoms with Gasteiger partial charge in [-0.1, -0.05) is 18.2 Å². The number of nitrogens with one attached hydrogen (secondary N) is 1. The topological polar surface area (TPSA) is 116 Å². The van der Waals surface area contributed by atoms with Crippen LogP contribution in [0, 0.1) is 0 Å². The summed E-state index contributed by atoms with van der Waals surface area (Å²) in [7, 11) is 0. The molecule has 96 valence electrons. The zero-order valence-electron chi connectivity index (χ0n) is 9.54. The molecule has 0 saturated carbocycles. The number of aromatic nitrogens is 1. The summed E-state index contributed by atoms with van der Waals surface area (Å²) in [4.78, 5) is 22.1. The molecule has 1 heterocycles. The SMILES string of the molecule is NC(Cc1c[nH]c2ccccc12)C(=O)O.O=CO. The summed E-state index contributed by atoms with van der Waals surface area (Å²) in [5.41, 5.74) is 7.43. The van der Waals surface area contributed by atoms with Crippen molar-refractivity contribution in [3.63, 3.8) is 0 Å². The number of aromatic amines is 1. The van der Waals surface area contributed by atoms with Gasteiger partial charge in [0.15, 0.2) is 0 Å². The van der Waals surface area contributed by atoms with Crippen LogP contribution in [-0.2, 0) is 16.0 Å². The van der Waals surface area contributed by atoms with E-state index in [1.165, 1.54) is 0 Å². The number of hydrogen-bond acceptors (Lipinski definition) is 3. The van der Waals surface area contributed by atoms with Crippen LogP contribution < -0.4 is 5.73 Å². The normalized spacial score (nSPS) is 11.4. The predicted molar refractivity (Wildman–Crippen MR) is 66.3 cm³/mol. The molecule has 0 fully saturated rings. The third-order valence-electron chi connectivity index (χ3n) is 2.43. The van der Waals surface area contributed by atoms with Crippen LogP contribution >= 0.6 is 0 Å². The number of aliphatic carboxylic acids is 1. The number of rotatable bonds is 3. The van der Waals surface area contributed by atoms with E-state index in [4.69, 9.17) is 20.7 Å². The maximum Gasteiger partial charge on any atom is 0.320 e. The molecule has 1 atom stereocenters. The van der Waals surface area contributed by atoms with Crippen LogP contribution in [0.1, 0.15) is 5.56 Å². The maximum absolute atomic E-state index is 10.6. The largest absolute Gasteiger partial charge is 0.483 e. The van der Waals surface area contributed by atoms with Crippen molar-refractivity contribution in [2.45, 2.75) is 12.5 Å². The first kappa shape index (κ1) is 13.7. The predicted octanol–water partition coefficient (Wildman–Crippen LogP) is 0.823. The van der Waals surface area contributed by atoms with Gasteiger partial charge in [-0.05, 0) is 11.6 Å². The van der Waals surface area contributed by atoms with E-state index < -0.39 is 12.0 Å². The first-order chi connectivity index (χ1) is 8.60. The Hall–Kier alpha value is -2.34. The van der Waals surface area contributed by atoms with Crippen LogP contribution in [0.5, 0.6) is 0 Å². The van der Waals surface area contributed by atoms with Gasteiger partial charge in [0.2, 0.25) is 0 Å². The lowest BCUT2D eigenvalue weighted by Crippen LogP contribution is -2.32. The molecule has 2 rings (SSSR count). The maximum atomic E-state index is 10.6. The average Bonchev–Trinajstić information content (AvgIpc) is 2.74. The van der Waals surface area contributed by atoms with E-state index in [1.807, 2.05) is 30.5 Å². The number of para-hydroxylation sites is 1. The standard InChI is InChI=1S/C11H12N2O2.CH2O2/c12-9(11(14)15)5-7-6-13-10-4-2-1-3-8(7)10;2-1-3/h1-4,6,9,13H,5,12H2,(H,14,15);1H,(H,2,3). The summed E-state index contributed by atoms with van der Waals surface area (Å²) in [6, 6.07) is 6.91. The Morgan fingerprint density at radius 3 is 2.67 bits per heavy atom. The fourth-order valence-electron chi connectivity index (χ4n) is 1.62. The van der Waals surface area contributed by atoms with Crippen LogP contribution in [0.25, 0.3) is 10.9 Å². The fraction of sp³-hybridized carbons (Fsp3) is 0.167. The summed E-state index contributed by atoms with van der Waals surface area (Å²) in [6.07, 6.45) is 2.16. The lowest BCUT2D eigenvalue weighted by molar-refractivity contribution is -0.138. The van der Waals surface area contributed by atoms with Gasteiger partial charge in [-0.15, -0.1) is 0 Å². The first-order valence-corrected chi connectivity index (χ1v) is 5.21. The highest BCUT2D eigenvalue weighted by Gasteiger charge is 2.14. The van der Waals surface area contributed by atoms with E-state index >= 15 is 0 Å². The lowest BCUT2D eigenvalue weighted by atomic mass is 10.1. The number of carbonyl (C=O) groups is 2. The van der Waals surface area contributed by atoms with Gasteiger partial charge < -0.3 is 20.9 Å². The van der Waals surface area contributed by atoms with Gasteiger partial charge in [-0.3, -0.25) is 9.59 Å². The molecule has 0 spiro atoms. The second-order valence-corrected chi connectivity index (χ2v) is 3.61. The van der Waals surface area contributed by atoms with Gasteiger partial charge in [0.05, 0.1) is 0 Å². The van der Waals surface area contributed by atoms with Gasteiger partial charge in [0.1, 0.15) is 6.04 Å². The zero-order valence-corrected chi connectivity index (χ0v) is 9.54. The van der Waals surface area contributed by atoms with E-state index in [-0.39, 0.29) is 6.47 Å². The fourth-order valence-corrected chi connectivity index (χ4v) is 1.62. The molecule has 1 aromatic carbocycles. The Labute approximate surface area is 103 Å². The second kappa shape index (κ2) is 6.41. The molecule has 5 N–H and O–H groups in total. The Bertz CT molecular complexity index is 536. The smallest absolute Gasteiger partial charge is 0.320 e. The Balaban J connectivity index is 0.000000492. The zero-order chi connectivity index (χ0) is 13.5. The number of fused-ring (bicyclic) bond motifs is 1. The van der Waals surface area contributed by atoms with Crippen molar-refractivity contribution in [2.24, 2.45) is 5.73 Å². The summed E-state index contributed by atoms with van der Waals surface area (Å²) in [5, 5.41) is 16.6. The highest BCUT2D eigenvalue weighted by Crippen LogP contribution is 2.18. The molecule has 1 aromatic heterocycles. The molecule has 1 unspecified atom stereocenters. The molecule has 0 bridgehead atoms. The number of carboxylic acid groups (broad SMARTS) is 2. The molecule has 0 saturated heterocycles. The van der Waals surface area contributed by atoms with Crippen LogP contribution in [0.2, 0.25) is 0 Å². The monoisotopic (exact) mass is 250 g/mol.